The summed E-state index contributed by atoms with van der Waals surface area (Å²) in [7, 11) is 4.68. The first kappa shape index (κ1) is 22.8. The molecule has 2 aromatic rings. The number of rotatable bonds is 9. The molecule has 0 unspecified atom stereocenters. The van der Waals surface area contributed by atoms with Gasteiger partial charge in [-0.1, -0.05) is 5.21 Å². The number of hydrogen-bond donors (Lipinski definition) is 1. The lowest BCUT2D eigenvalue weighted by Crippen LogP contribution is -2.33. The number of nitrogens with one attached hydrogen (secondary N) is 1. The van der Waals surface area contributed by atoms with E-state index in [1.54, 1.807) is 32.2 Å². The quantitative estimate of drug-likeness (QED) is 0.645. The molecule has 1 fully saturated rings. The van der Waals surface area contributed by atoms with Gasteiger partial charge in [-0.2, -0.15) is 0 Å². The Morgan fingerprint density at radius 1 is 1.23 bits per heavy atom. The minimum atomic E-state index is -0.931. The molecule has 1 N–H and O–H groups in total. The molecule has 1 aromatic carbocycles. The summed E-state index contributed by atoms with van der Waals surface area (Å²) in [5, 5.41) is 10.8. The van der Waals surface area contributed by atoms with Gasteiger partial charge >= 0.3 is 0 Å². The van der Waals surface area contributed by atoms with Gasteiger partial charge in [0.15, 0.2) is 17.2 Å². The van der Waals surface area contributed by atoms with Gasteiger partial charge in [-0.15, -0.1) is 5.10 Å². The first-order valence-corrected chi connectivity index (χ1v) is 10.2. The molecule has 2 atom stereocenters. The third-order valence-corrected chi connectivity index (χ3v) is 5.18. The van der Waals surface area contributed by atoms with E-state index >= 15 is 0 Å². The highest BCUT2D eigenvalue weighted by Gasteiger charge is 2.33. The van der Waals surface area contributed by atoms with Crippen molar-refractivity contribution in [3.8, 4) is 17.2 Å². The topological polar surface area (TPSA) is 90.7 Å². The van der Waals surface area contributed by atoms with Gasteiger partial charge in [-0.05, 0) is 38.0 Å². The van der Waals surface area contributed by atoms with E-state index < -0.39 is 6.17 Å². The maximum atomic E-state index is 14.3. The number of benzene rings is 1. The highest BCUT2D eigenvalue weighted by atomic mass is 19.1. The number of hydrogen-bond acceptors (Lipinski definition) is 7. The minimum absolute atomic E-state index is 0.00810. The molecule has 0 spiro atoms. The molecule has 0 radical (unpaired) electrons. The standard InChI is InChI=1S/C21H30FN5O4/c1-13(2)23-21(28)17-12-27(25-24-17)11-16-8-15(22)10-26(16)9-14-6-18(29-3)20(31-5)19(7-14)30-4/h6-7,12-13,15-16H,8-11H2,1-5H3,(H,23,28)/t15-,16-/m0/s1. The van der Waals surface area contributed by atoms with Crippen LogP contribution >= 0.6 is 0 Å². The molecule has 170 valence electrons. The van der Waals surface area contributed by atoms with Crippen LogP contribution in [0.4, 0.5) is 4.39 Å². The van der Waals surface area contributed by atoms with Crippen molar-refractivity contribution in [3.63, 3.8) is 0 Å². The second-order valence-corrected chi connectivity index (χ2v) is 7.90. The maximum Gasteiger partial charge on any atom is 0.273 e. The third-order valence-electron chi connectivity index (χ3n) is 5.18. The summed E-state index contributed by atoms with van der Waals surface area (Å²) in [5.41, 5.74) is 1.17. The summed E-state index contributed by atoms with van der Waals surface area (Å²) in [6.07, 6.45) is 1.05. The highest BCUT2D eigenvalue weighted by molar-refractivity contribution is 5.91. The number of ether oxygens (including phenoxy) is 3. The van der Waals surface area contributed by atoms with Crippen LogP contribution in [0.25, 0.3) is 0 Å². The average Bonchev–Trinajstić information content (AvgIpc) is 3.33. The molecule has 0 saturated carbocycles. The van der Waals surface area contributed by atoms with Crippen LogP contribution in [-0.2, 0) is 13.1 Å². The molecule has 0 aliphatic carbocycles. The Bertz CT molecular complexity index is 879. The van der Waals surface area contributed by atoms with Gasteiger partial charge in [0.25, 0.3) is 5.91 Å². The smallest absolute Gasteiger partial charge is 0.273 e. The van der Waals surface area contributed by atoms with Gasteiger partial charge in [0.05, 0.1) is 34.1 Å². The summed E-state index contributed by atoms with van der Waals surface area (Å²) in [4.78, 5) is 14.2. The van der Waals surface area contributed by atoms with Crippen molar-refractivity contribution < 1.29 is 23.4 Å². The Hall–Kier alpha value is -2.88. The van der Waals surface area contributed by atoms with E-state index in [0.717, 1.165) is 5.56 Å². The molecule has 1 aliphatic rings. The fourth-order valence-corrected chi connectivity index (χ4v) is 3.81. The molecular formula is C21H30FN5O4. The largest absolute Gasteiger partial charge is 0.493 e. The number of alkyl halides is 1. The second-order valence-electron chi connectivity index (χ2n) is 7.90. The summed E-state index contributed by atoms with van der Waals surface area (Å²) in [6.45, 7) is 5.02. The van der Waals surface area contributed by atoms with E-state index in [4.69, 9.17) is 14.2 Å². The van der Waals surface area contributed by atoms with E-state index in [2.05, 4.69) is 20.5 Å². The third kappa shape index (κ3) is 5.43. The predicted molar refractivity (Wildman–Crippen MR) is 112 cm³/mol. The van der Waals surface area contributed by atoms with Gasteiger partial charge in [-0.3, -0.25) is 14.4 Å². The fourth-order valence-electron chi connectivity index (χ4n) is 3.81. The second kappa shape index (κ2) is 9.95. The zero-order valence-corrected chi connectivity index (χ0v) is 18.6. The Labute approximate surface area is 181 Å². The monoisotopic (exact) mass is 435 g/mol. The van der Waals surface area contributed by atoms with E-state index in [1.807, 2.05) is 26.0 Å². The molecule has 3 rings (SSSR count). The van der Waals surface area contributed by atoms with Crippen LogP contribution < -0.4 is 19.5 Å². The van der Waals surface area contributed by atoms with Crippen molar-refractivity contribution in [1.82, 2.24) is 25.2 Å². The first-order chi connectivity index (χ1) is 14.8. The molecule has 10 heteroatoms. The fraction of sp³-hybridized carbons (Fsp3) is 0.571. The number of carbonyl (C=O) groups excluding carboxylic acids is 1. The lowest BCUT2D eigenvalue weighted by molar-refractivity contribution is 0.0938. The SMILES string of the molecule is COc1cc(CN2C[C@@H](F)C[C@H]2Cn2cc(C(=O)NC(C)C)nn2)cc(OC)c1OC. The average molecular weight is 436 g/mol. The van der Waals surface area contributed by atoms with Crippen molar-refractivity contribution in [3.05, 3.63) is 29.6 Å². The van der Waals surface area contributed by atoms with Gasteiger partial charge < -0.3 is 19.5 Å². The zero-order valence-electron chi connectivity index (χ0n) is 18.6. The van der Waals surface area contributed by atoms with Crippen molar-refractivity contribution in [1.29, 1.82) is 0 Å². The van der Waals surface area contributed by atoms with Crippen LogP contribution in [0.3, 0.4) is 0 Å². The van der Waals surface area contributed by atoms with Gasteiger partial charge in [0, 0.05) is 25.2 Å². The number of halogens is 1. The molecule has 31 heavy (non-hydrogen) atoms. The van der Waals surface area contributed by atoms with Gasteiger partial charge in [0.2, 0.25) is 5.75 Å². The summed E-state index contributed by atoms with van der Waals surface area (Å²) in [5.74, 6) is 1.36. The first-order valence-electron chi connectivity index (χ1n) is 10.2. The van der Waals surface area contributed by atoms with Crippen LogP contribution in [0.2, 0.25) is 0 Å². The summed E-state index contributed by atoms with van der Waals surface area (Å²) < 4.78 is 32.1. The Balaban J connectivity index is 1.74. The van der Waals surface area contributed by atoms with Crippen molar-refractivity contribution in [2.75, 3.05) is 27.9 Å². The van der Waals surface area contributed by atoms with Crippen LogP contribution in [0.15, 0.2) is 18.3 Å². The van der Waals surface area contributed by atoms with Crippen molar-refractivity contribution in [2.24, 2.45) is 0 Å². The van der Waals surface area contributed by atoms with E-state index in [0.29, 0.717) is 43.3 Å². The van der Waals surface area contributed by atoms with Crippen LogP contribution in [0, 0.1) is 0 Å². The molecule has 0 bridgehead atoms. The highest BCUT2D eigenvalue weighted by Crippen LogP contribution is 2.39. The number of nitrogens with zero attached hydrogens (tertiary/aromatic N) is 4. The number of amides is 1. The number of carbonyl (C=O) groups is 1. The number of likely N-dealkylation sites (tertiary alicyclic amines) is 1. The van der Waals surface area contributed by atoms with Crippen molar-refractivity contribution >= 4 is 5.91 Å². The lowest BCUT2D eigenvalue weighted by Gasteiger charge is -2.24. The lowest BCUT2D eigenvalue weighted by atomic mass is 10.1. The summed E-state index contributed by atoms with van der Waals surface area (Å²) in [6, 6.07) is 3.66. The van der Waals surface area contributed by atoms with Crippen molar-refractivity contribution in [2.45, 2.75) is 51.6 Å². The zero-order chi connectivity index (χ0) is 22.5. The molecule has 1 saturated heterocycles. The molecular weight excluding hydrogens is 405 g/mol. The Kier molecular flexibility index (Phi) is 7.32. The molecule has 1 aliphatic heterocycles. The minimum Gasteiger partial charge on any atom is -0.493 e. The molecule has 1 aromatic heterocycles. The van der Waals surface area contributed by atoms with Crippen LogP contribution in [0.5, 0.6) is 17.2 Å². The normalized spacial score (nSPS) is 18.9. The number of methoxy groups -OCH3 is 3. The molecule has 9 nitrogen and oxygen atoms in total. The van der Waals surface area contributed by atoms with Crippen LogP contribution in [-0.4, -0.2) is 71.9 Å². The Morgan fingerprint density at radius 3 is 2.48 bits per heavy atom. The van der Waals surface area contributed by atoms with E-state index in [9.17, 15) is 9.18 Å². The molecule has 1 amide bonds. The van der Waals surface area contributed by atoms with E-state index in [1.165, 1.54) is 0 Å². The van der Waals surface area contributed by atoms with E-state index in [-0.39, 0.29) is 23.7 Å². The van der Waals surface area contributed by atoms with Crippen LogP contribution in [0.1, 0.15) is 36.3 Å². The molecule has 2 heterocycles. The van der Waals surface area contributed by atoms with Gasteiger partial charge in [0.1, 0.15) is 6.17 Å². The predicted octanol–water partition coefficient (Wildman–Crippen LogP) is 2.05. The summed E-state index contributed by atoms with van der Waals surface area (Å²) >= 11 is 0. The van der Waals surface area contributed by atoms with Gasteiger partial charge in [-0.25, -0.2) is 4.39 Å². The number of aromatic nitrogens is 3. The Morgan fingerprint density at radius 2 is 1.90 bits per heavy atom. The maximum absolute atomic E-state index is 14.3.